The Bertz CT molecular complexity index is 604. The number of aliphatic carboxylic acids is 1. The van der Waals surface area contributed by atoms with Gasteiger partial charge in [-0.25, -0.2) is 4.39 Å². The standard InChI is InChI=1S/C14H11BrFNO2/c15-13-4-2-1-3-11(13)12(14(18)19)6-9-5-10(16)8-17-7-9/h1-5,7-8,12H,6H2,(H,18,19). The first-order chi connectivity index (χ1) is 9.08. The predicted octanol–water partition coefficient (Wildman–Crippen LogP) is 3.39. The Morgan fingerprint density at radius 2 is 2.11 bits per heavy atom. The van der Waals surface area contributed by atoms with Crippen LogP contribution in [0.25, 0.3) is 0 Å². The predicted molar refractivity (Wildman–Crippen MR) is 72.4 cm³/mol. The highest BCUT2D eigenvalue weighted by atomic mass is 79.9. The van der Waals surface area contributed by atoms with E-state index in [9.17, 15) is 14.3 Å². The van der Waals surface area contributed by atoms with Crippen molar-refractivity contribution >= 4 is 21.9 Å². The molecule has 2 rings (SSSR count). The highest BCUT2D eigenvalue weighted by Crippen LogP contribution is 2.28. The van der Waals surface area contributed by atoms with Gasteiger partial charge in [-0.2, -0.15) is 0 Å². The molecule has 0 aliphatic carbocycles. The van der Waals surface area contributed by atoms with Gasteiger partial charge in [0.2, 0.25) is 0 Å². The Hall–Kier alpha value is -1.75. The smallest absolute Gasteiger partial charge is 0.311 e. The van der Waals surface area contributed by atoms with E-state index in [4.69, 9.17) is 0 Å². The first-order valence-corrected chi connectivity index (χ1v) is 6.44. The van der Waals surface area contributed by atoms with Gasteiger partial charge >= 0.3 is 5.97 Å². The van der Waals surface area contributed by atoms with Gasteiger partial charge in [0.05, 0.1) is 12.1 Å². The molecule has 0 radical (unpaired) electrons. The van der Waals surface area contributed by atoms with Crippen molar-refractivity contribution in [3.63, 3.8) is 0 Å². The van der Waals surface area contributed by atoms with Crippen LogP contribution in [-0.4, -0.2) is 16.1 Å². The second-order valence-electron chi connectivity index (χ2n) is 4.13. The van der Waals surface area contributed by atoms with Crippen LogP contribution >= 0.6 is 15.9 Å². The number of hydrogen-bond donors (Lipinski definition) is 1. The van der Waals surface area contributed by atoms with E-state index in [1.165, 1.54) is 12.3 Å². The Morgan fingerprint density at radius 3 is 2.74 bits per heavy atom. The monoisotopic (exact) mass is 323 g/mol. The van der Waals surface area contributed by atoms with Crippen molar-refractivity contribution in [2.24, 2.45) is 0 Å². The molecule has 0 bridgehead atoms. The Labute approximate surface area is 118 Å². The quantitative estimate of drug-likeness (QED) is 0.938. The number of carboxylic acid groups (broad SMARTS) is 1. The van der Waals surface area contributed by atoms with E-state index in [0.717, 1.165) is 10.7 Å². The zero-order chi connectivity index (χ0) is 13.8. The maximum atomic E-state index is 13.1. The average molecular weight is 324 g/mol. The van der Waals surface area contributed by atoms with E-state index in [1.807, 2.05) is 6.07 Å². The van der Waals surface area contributed by atoms with Crippen molar-refractivity contribution in [2.75, 3.05) is 0 Å². The minimum Gasteiger partial charge on any atom is -0.481 e. The third-order valence-corrected chi connectivity index (χ3v) is 3.50. The summed E-state index contributed by atoms with van der Waals surface area (Å²) in [6.45, 7) is 0. The summed E-state index contributed by atoms with van der Waals surface area (Å²) >= 11 is 3.34. The van der Waals surface area contributed by atoms with Gasteiger partial charge < -0.3 is 5.11 Å². The summed E-state index contributed by atoms with van der Waals surface area (Å²) in [7, 11) is 0. The molecule has 1 N–H and O–H groups in total. The maximum absolute atomic E-state index is 13.1. The van der Waals surface area contributed by atoms with Crippen LogP contribution in [0, 0.1) is 5.82 Å². The second-order valence-corrected chi connectivity index (χ2v) is 4.98. The van der Waals surface area contributed by atoms with Gasteiger partial charge in [0.15, 0.2) is 0 Å². The van der Waals surface area contributed by atoms with Crippen LogP contribution < -0.4 is 0 Å². The number of carboxylic acids is 1. The lowest BCUT2D eigenvalue weighted by molar-refractivity contribution is -0.138. The van der Waals surface area contributed by atoms with Gasteiger partial charge in [-0.3, -0.25) is 9.78 Å². The van der Waals surface area contributed by atoms with E-state index >= 15 is 0 Å². The van der Waals surface area contributed by atoms with Crippen LogP contribution in [-0.2, 0) is 11.2 Å². The average Bonchev–Trinajstić information content (AvgIpc) is 2.37. The minimum absolute atomic E-state index is 0.197. The summed E-state index contributed by atoms with van der Waals surface area (Å²) in [5.41, 5.74) is 1.22. The third kappa shape index (κ3) is 3.38. The first-order valence-electron chi connectivity index (χ1n) is 5.64. The van der Waals surface area contributed by atoms with E-state index < -0.39 is 17.7 Å². The number of aromatic nitrogens is 1. The molecule has 0 fully saturated rings. The van der Waals surface area contributed by atoms with Gasteiger partial charge in [0.1, 0.15) is 5.82 Å². The van der Waals surface area contributed by atoms with E-state index in [2.05, 4.69) is 20.9 Å². The van der Waals surface area contributed by atoms with Crippen molar-refractivity contribution in [2.45, 2.75) is 12.3 Å². The highest BCUT2D eigenvalue weighted by molar-refractivity contribution is 9.10. The molecule has 2 aromatic rings. The fourth-order valence-electron chi connectivity index (χ4n) is 1.89. The molecule has 0 saturated carbocycles. The second kappa shape index (κ2) is 5.93. The lowest BCUT2D eigenvalue weighted by Crippen LogP contribution is -2.15. The maximum Gasteiger partial charge on any atom is 0.311 e. The number of benzene rings is 1. The normalized spacial score (nSPS) is 12.1. The van der Waals surface area contributed by atoms with Gasteiger partial charge in [-0.05, 0) is 29.7 Å². The van der Waals surface area contributed by atoms with E-state index in [1.54, 1.807) is 18.2 Å². The van der Waals surface area contributed by atoms with Gasteiger partial charge in [-0.1, -0.05) is 34.1 Å². The number of hydrogen-bond acceptors (Lipinski definition) is 2. The molecule has 0 aliphatic rings. The molecule has 5 heteroatoms. The van der Waals surface area contributed by atoms with Gasteiger partial charge in [-0.15, -0.1) is 0 Å². The molecule has 1 aromatic carbocycles. The molecule has 1 unspecified atom stereocenters. The van der Waals surface area contributed by atoms with Crippen LogP contribution in [0.3, 0.4) is 0 Å². The molecule has 1 aromatic heterocycles. The van der Waals surface area contributed by atoms with Crippen LogP contribution in [0.5, 0.6) is 0 Å². The summed E-state index contributed by atoms with van der Waals surface area (Å²) in [6, 6.07) is 8.43. The summed E-state index contributed by atoms with van der Waals surface area (Å²) < 4.78 is 13.8. The fourth-order valence-corrected chi connectivity index (χ4v) is 2.45. The van der Waals surface area contributed by atoms with Crippen molar-refractivity contribution < 1.29 is 14.3 Å². The highest BCUT2D eigenvalue weighted by Gasteiger charge is 2.22. The molecule has 0 amide bonds. The number of pyridine rings is 1. The summed E-state index contributed by atoms with van der Waals surface area (Å²) in [4.78, 5) is 15.1. The molecule has 0 aliphatic heterocycles. The number of halogens is 2. The first kappa shape index (κ1) is 13.7. The lowest BCUT2D eigenvalue weighted by atomic mass is 9.93. The van der Waals surface area contributed by atoms with E-state index in [0.29, 0.717) is 11.1 Å². The zero-order valence-corrected chi connectivity index (χ0v) is 11.5. The van der Waals surface area contributed by atoms with Crippen molar-refractivity contribution in [3.8, 4) is 0 Å². The summed E-state index contributed by atoms with van der Waals surface area (Å²) in [5, 5.41) is 9.35. The number of rotatable bonds is 4. The number of nitrogens with zero attached hydrogens (tertiary/aromatic N) is 1. The van der Waals surface area contributed by atoms with Crippen molar-refractivity contribution in [1.29, 1.82) is 0 Å². The van der Waals surface area contributed by atoms with E-state index in [-0.39, 0.29) is 6.42 Å². The Balaban J connectivity index is 2.32. The van der Waals surface area contributed by atoms with Crippen molar-refractivity contribution in [3.05, 3.63) is 64.1 Å². The topological polar surface area (TPSA) is 50.2 Å². The molecule has 0 saturated heterocycles. The van der Waals surface area contributed by atoms with Crippen molar-refractivity contribution in [1.82, 2.24) is 4.98 Å². The summed E-state index contributed by atoms with van der Waals surface area (Å²) in [5.74, 6) is -2.15. The Kier molecular flexibility index (Phi) is 4.27. The van der Waals surface area contributed by atoms with Gasteiger partial charge in [0, 0.05) is 10.7 Å². The lowest BCUT2D eigenvalue weighted by Gasteiger charge is -2.14. The Morgan fingerprint density at radius 1 is 1.37 bits per heavy atom. The fraction of sp³-hybridized carbons (Fsp3) is 0.143. The molecular formula is C14H11BrFNO2. The molecule has 1 atom stereocenters. The molecule has 0 spiro atoms. The SMILES string of the molecule is O=C(O)C(Cc1cncc(F)c1)c1ccccc1Br. The van der Waals surface area contributed by atoms with Crippen LogP contribution in [0.4, 0.5) is 4.39 Å². The molecule has 3 nitrogen and oxygen atoms in total. The molecular weight excluding hydrogens is 313 g/mol. The molecule has 1 heterocycles. The van der Waals surface area contributed by atoms with Crippen LogP contribution in [0.1, 0.15) is 17.0 Å². The van der Waals surface area contributed by atoms with Crippen LogP contribution in [0.2, 0.25) is 0 Å². The molecule has 19 heavy (non-hydrogen) atoms. The summed E-state index contributed by atoms with van der Waals surface area (Å²) in [6.07, 6.45) is 2.77. The molecule has 98 valence electrons. The zero-order valence-electron chi connectivity index (χ0n) is 9.88. The van der Waals surface area contributed by atoms with Crippen LogP contribution in [0.15, 0.2) is 47.2 Å². The third-order valence-electron chi connectivity index (χ3n) is 2.78. The van der Waals surface area contributed by atoms with Gasteiger partial charge in [0.25, 0.3) is 0 Å². The number of carbonyl (C=O) groups is 1. The largest absolute Gasteiger partial charge is 0.481 e. The minimum atomic E-state index is -0.948.